The Bertz CT molecular complexity index is 1170. The SMILES string of the molecule is COC(=O)c1cc(NC(=O)c2cc(NC(=O)c3cc(N)n[nH]3)n[nH]2)n[nH]1.O=C(O)C(F)(F)F. The molecular weight excluding hydrogens is 459 g/mol. The highest BCUT2D eigenvalue weighted by molar-refractivity contribution is 6.05. The van der Waals surface area contributed by atoms with Gasteiger partial charge in [0.25, 0.3) is 11.8 Å². The van der Waals surface area contributed by atoms with Gasteiger partial charge >= 0.3 is 18.1 Å². The van der Waals surface area contributed by atoms with Crippen molar-refractivity contribution >= 4 is 41.2 Å². The van der Waals surface area contributed by atoms with E-state index >= 15 is 0 Å². The average Bonchev–Trinajstić information content (AvgIpc) is 3.48. The molecule has 176 valence electrons. The molecule has 0 spiro atoms. The maximum Gasteiger partial charge on any atom is 0.490 e. The number of hydrogen-bond donors (Lipinski definition) is 7. The second-order valence-corrected chi connectivity index (χ2v) is 5.74. The Morgan fingerprint density at radius 3 is 1.76 bits per heavy atom. The van der Waals surface area contributed by atoms with Gasteiger partial charge < -0.3 is 26.2 Å². The second-order valence-electron chi connectivity index (χ2n) is 5.74. The summed E-state index contributed by atoms with van der Waals surface area (Å²) in [7, 11) is 1.22. The lowest BCUT2D eigenvalue weighted by Gasteiger charge is -1.98. The van der Waals surface area contributed by atoms with Crippen LogP contribution >= 0.6 is 0 Å². The van der Waals surface area contributed by atoms with Crippen LogP contribution < -0.4 is 16.4 Å². The van der Waals surface area contributed by atoms with Gasteiger partial charge in [-0.1, -0.05) is 0 Å². The monoisotopic (exact) mass is 473 g/mol. The second kappa shape index (κ2) is 9.94. The minimum atomic E-state index is -5.08. The van der Waals surface area contributed by atoms with Crippen LogP contribution in [0.15, 0.2) is 18.2 Å². The van der Waals surface area contributed by atoms with Gasteiger partial charge in [0, 0.05) is 18.2 Å². The zero-order chi connectivity index (χ0) is 24.8. The minimum Gasteiger partial charge on any atom is -0.475 e. The van der Waals surface area contributed by atoms with E-state index in [1.807, 2.05) is 0 Å². The normalized spacial score (nSPS) is 10.5. The summed E-state index contributed by atoms with van der Waals surface area (Å²) in [5.41, 5.74) is 5.71. The number of carboxylic acid groups (broad SMARTS) is 1. The summed E-state index contributed by atoms with van der Waals surface area (Å²) in [5.74, 6) is -4.08. The Balaban J connectivity index is 0.000000479. The average molecular weight is 473 g/mol. The van der Waals surface area contributed by atoms with Crippen LogP contribution in [-0.4, -0.2) is 72.7 Å². The number of hydrogen-bond acceptors (Lipinski definition) is 9. The van der Waals surface area contributed by atoms with Gasteiger partial charge in [-0.15, -0.1) is 0 Å². The summed E-state index contributed by atoms with van der Waals surface area (Å²) in [4.78, 5) is 44.3. The smallest absolute Gasteiger partial charge is 0.475 e. The molecule has 3 heterocycles. The number of methoxy groups -OCH3 is 1. The van der Waals surface area contributed by atoms with E-state index < -0.39 is 29.9 Å². The van der Waals surface area contributed by atoms with Crippen molar-refractivity contribution < 1.29 is 42.2 Å². The Morgan fingerprint density at radius 1 is 0.909 bits per heavy atom. The number of alkyl halides is 3. The predicted octanol–water partition coefficient (Wildman–Crippen LogP) is 0.363. The molecule has 0 aliphatic heterocycles. The highest BCUT2D eigenvalue weighted by Crippen LogP contribution is 2.13. The number of nitrogens with one attached hydrogen (secondary N) is 5. The number of ether oxygens (including phenoxy) is 1. The molecule has 3 aromatic heterocycles. The zero-order valence-corrected chi connectivity index (χ0v) is 16.3. The van der Waals surface area contributed by atoms with E-state index in [2.05, 4.69) is 46.0 Å². The zero-order valence-electron chi connectivity index (χ0n) is 16.3. The highest BCUT2D eigenvalue weighted by atomic mass is 19.4. The number of halogens is 3. The van der Waals surface area contributed by atoms with Crippen molar-refractivity contribution in [3.8, 4) is 0 Å². The molecule has 0 aromatic carbocycles. The van der Waals surface area contributed by atoms with Gasteiger partial charge in [-0.3, -0.25) is 24.9 Å². The van der Waals surface area contributed by atoms with Crippen LogP contribution in [-0.2, 0) is 9.53 Å². The van der Waals surface area contributed by atoms with Crippen LogP contribution in [0.1, 0.15) is 31.5 Å². The van der Waals surface area contributed by atoms with E-state index in [1.54, 1.807) is 0 Å². The first-order valence-electron chi connectivity index (χ1n) is 8.33. The number of nitrogen functional groups attached to an aromatic ring is 1. The van der Waals surface area contributed by atoms with Crippen LogP contribution in [0, 0.1) is 0 Å². The highest BCUT2D eigenvalue weighted by Gasteiger charge is 2.38. The van der Waals surface area contributed by atoms with E-state index in [0.29, 0.717) is 0 Å². The molecule has 33 heavy (non-hydrogen) atoms. The standard InChI is InChI=1S/C13H13N9O4.C2HF3O2/c1-26-13(25)7-4-10(22-19-7)16-12(24)6-3-9(21-18-6)15-11(23)5-2-8(14)20-17-5;3-2(4,5)1(6)7/h2-4H,1H3,(H3,14,17,20)(H2,15,18,21,23)(H2,16,19,22,24);(H,6,7). The first-order valence-corrected chi connectivity index (χ1v) is 8.33. The molecule has 3 aromatic rings. The van der Waals surface area contributed by atoms with Gasteiger partial charge in [0.1, 0.15) is 22.9 Å². The molecule has 0 saturated carbocycles. The first-order chi connectivity index (χ1) is 15.4. The topological polar surface area (TPSA) is 234 Å². The Morgan fingerprint density at radius 2 is 1.33 bits per heavy atom. The van der Waals surface area contributed by atoms with Gasteiger partial charge in [-0.2, -0.15) is 28.5 Å². The largest absolute Gasteiger partial charge is 0.490 e. The molecule has 15 nitrogen and oxygen atoms in total. The summed E-state index contributed by atoms with van der Waals surface area (Å²) in [6.45, 7) is 0. The van der Waals surface area contributed by atoms with Gasteiger partial charge in [-0.05, 0) is 0 Å². The maximum absolute atomic E-state index is 12.1. The Labute approximate surface area is 179 Å². The van der Waals surface area contributed by atoms with Gasteiger partial charge in [0.05, 0.1) is 7.11 Å². The number of nitrogens with zero attached hydrogens (tertiary/aromatic N) is 3. The van der Waals surface area contributed by atoms with Crippen molar-refractivity contribution in [3.63, 3.8) is 0 Å². The van der Waals surface area contributed by atoms with Crippen LogP contribution in [0.4, 0.5) is 30.6 Å². The fourth-order valence-corrected chi connectivity index (χ4v) is 1.92. The first kappa shape index (κ1) is 24.4. The van der Waals surface area contributed by atoms with Gasteiger partial charge in [0.15, 0.2) is 11.6 Å². The number of aromatic amines is 3. The minimum absolute atomic E-state index is 0.0621. The van der Waals surface area contributed by atoms with Crippen molar-refractivity contribution in [2.45, 2.75) is 6.18 Å². The summed E-state index contributed by atoms with van der Waals surface area (Å²) < 4.78 is 36.3. The Hall–Kier alpha value is -4.90. The number of nitrogens with two attached hydrogens (primary N) is 1. The van der Waals surface area contributed by atoms with Crippen molar-refractivity contribution in [3.05, 3.63) is 35.3 Å². The number of carbonyl (C=O) groups excluding carboxylic acids is 3. The molecule has 2 amide bonds. The Kier molecular flexibility index (Phi) is 7.34. The molecule has 0 aliphatic rings. The molecule has 0 atom stereocenters. The van der Waals surface area contributed by atoms with Crippen molar-refractivity contribution in [2.24, 2.45) is 0 Å². The summed E-state index contributed by atoms with van der Waals surface area (Å²) in [6, 6.07) is 3.98. The molecule has 8 N–H and O–H groups in total. The number of esters is 1. The molecule has 18 heteroatoms. The molecule has 0 fully saturated rings. The number of aliphatic carboxylic acids is 1. The van der Waals surface area contributed by atoms with E-state index in [4.69, 9.17) is 15.6 Å². The van der Waals surface area contributed by atoms with Gasteiger partial charge in [-0.25, -0.2) is 9.59 Å². The molecule has 0 radical (unpaired) electrons. The number of rotatable bonds is 5. The fraction of sp³-hybridized carbons (Fsp3) is 0.133. The van der Waals surface area contributed by atoms with Crippen LogP contribution in [0.5, 0.6) is 0 Å². The lowest BCUT2D eigenvalue weighted by Crippen LogP contribution is -2.21. The molecule has 3 rings (SSSR count). The predicted molar refractivity (Wildman–Crippen MR) is 101 cm³/mol. The van der Waals surface area contributed by atoms with E-state index in [0.717, 1.165) is 0 Å². The number of aromatic nitrogens is 6. The third kappa shape index (κ3) is 6.80. The van der Waals surface area contributed by atoms with Crippen LogP contribution in [0.2, 0.25) is 0 Å². The van der Waals surface area contributed by atoms with Crippen LogP contribution in [0.25, 0.3) is 0 Å². The molecule has 0 unspecified atom stereocenters. The lowest BCUT2D eigenvalue weighted by atomic mass is 10.3. The molecule has 0 bridgehead atoms. The summed E-state index contributed by atoms with van der Waals surface area (Å²) in [5, 5.41) is 30.6. The number of carbonyl (C=O) groups is 4. The third-order valence-electron chi connectivity index (χ3n) is 3.37. The summed E-state index contributed by atoms with van der Waals surface area (Å²) >= 11 is 0. The number of H-pyrrole nitrogens is 3. The van der Waals surface area contributed by atoms with Crippen LogP contribution in [0.3, 0.4) is 0 Å². The number of amides is 2. The fourth-order valence-electron chi connectivity index (χ4n) is 1.92. The lowest BCUT2D eigenvalue weighted by molar-refractivity contribution is -0.192. The number of anilines is 3. The van der Waals surface area contributed by atoms with Crippen molar-refractivity contribution in [1.29, 1.82) is 0 Å². The number of carboxylic acids is 1. The third-order valence-corrected chi connectivity index (χ3v) is 3.37. The van der Waals surface area contributed by atoms with Crippen molar-refractivity contribution in [2.75, 3.05) is 23.5 Å². The maximum atomic E-state index is 12.1. The summed E-state index contributed by atoms with van der Waals surface area (Å²) in [6.07, 6.45) is -5.08. The van der Waals surface area contributed by atoms with E-state index in [9.17, 15) is 27.6 Å². The molecule has 0 aliphatic carbocycles. The van der Waals surface area contributed by atoms with Crippen molar-refractivity contribution in [1.82, 2.24) is 30.6 Å². The van der Waals surface area contributed by atoms with E-state index in [-0.39, 0.29) is 34.5 Å². The van der Waals surface area contributed by atoms with E-state index in [1.165, 1.54) is 25.3 Å². The molecule has 0 saturated heterocycles. The van der Waals surface area contributed by atoms with Gasteiger partial charge in [0.2, 0.25) is 0 Å². The molecular formula is C15H14F3N9O6. The quantitative estimate of drug-likeness (QED) is 0.251.